The van der Waals surface area contributed by atoms with Crippen LogP contribution in [0.15, 0.2) is 54.7 Å². The number of ether oxygens (including phenoxy) is 1. The number of nitrogens with one attached hydrogen (secondary N) is 1. The number of benzene rings is 2. The second-order valence-electron chi connectivity index (χ2n) is 8.60. The first-order valence-corrected chi connectivity index (χ1v) is 11.5. The van der Waals surface area contributed by atoms with E-state index in [9.17, 15) is 22.8 Å². The molecule has 1 amide bonds. The van der Waals surface area contributed by atoms with Crippen molar-refractivity contribution in [1.82, 2.24) is 9.88 Å². The van der Waals surface area contributed by atoms with E-state index in [1.165, 1.54) is 6.07 Å². The molecule has 0 spiro atoms. The van der Waals surface area contributed by atoms with Crippen molar-refractivity contribution in [2.24, 2.45) is 5.92 Å². The van der Waals surface area contributed by atoms with Crippen LogP contribution in [0, 0.1) is 5.92 Å². The number of piperidine rings is 1. The summed E-state index contributed by atoms with van der Waals surface area (Å²) in [7, 11) is 0. The second kappa shape index (κ2) is 9.91. The number of fused-ring (bicyclic) bond motifs is 1. The normalized spacial score (nSPS) is 17.5. The molecule has 1 N–H and O–H groups in total. The molecule has 1 aliphatic heterocycles. The van der Waals surface area contributed by atoms with Gasteiger partial charge in [0, 0.05) is 42.5 Å². The molecule has 1 aromatic heterocycles. The van der Waals surface area contributed by atoms with Crippen molar-refractivity contribution in [1.29, 1.82) is 0 Å². The summed E-state index contributed by atoms with van der Waals surface area (Å²) in [5.74, 6) is -1.46. The fourth-order valence-electron chi connectivity index (χ4n) is 4.68. The van der Waals surface area contributed by atoms with Gasteiger partial charge in [0.05, 0.1) is 18.1 Å². The summed E-state index contributed by atoms with van der Waals surface area (Å²) >= 11 is 0. The van der Waals surface area contributed by atoms with Crippen molar-refractivity contribution < 1.29 is 27.5 Å². The number of hydrogen-bond donors (Lipinski definition) is 1. The van der Waals surface area contributed by atoms with E-state index < -0.39 is 17.7 Å². The second-order valence-corrected chi connectivity index (χ2v) is 8.60. The number of nitrogens with zero attached hydrogens (tertiary/aromatic N) is 1. The lowest BCUT2D eigenvalue weighted by atomic mass is 9.86. The van der Waals surface area contributed by atoms with Gasteiger partial charge < -0.3 is 14.6 Å². The maximum Gasteiger partial charge on any atom is 0.416 e. The van der Waals surface area contributed by atoms with Crippen molar-refractivity contribution >= 4 is 22.8 Å². The largest absolute Gasteiger partial charge is 0.466 e. The van der Waals surface area contributed by atoms with E-state index in [0.29, 0.717) is 24.9 Å². The van der Waals surface area contributed by atoms with Crippen LogP contribution in [-0.4, -0.2) is 41.5 Å². The van der Waals surface area contributed by atoms with Gasteiger partial charge in [-0.3, -0.25) is 9.59 Å². The van der Waals surface area contributed by atoms with E-state index >= 15 is 0 Å². The minimum atomic E-state index is -4.48. The highest BCUT2D eigenvalue weighted by Gasteiger charge is 2.34. The lowest BCUT2D eigenvalue weighted by Gasteiger charge is -2.32. The van der Waals surface area contributed by atoms with E-state index in [-0.39, 0.29) is 37.4 Å². The number of halogens is 3. The van der Waals surface area contributed by atoms with Crippen LogP contribution in [0.2, 0.25) is 0 Å². The Morgan fingerprint density at radius 1 is 1.18 bits per heavy atom. The average Bonchev–Trinajstić information content (AvgIpc) is 3.26. The molecular weight excluding hydrogens is 445 g/mol. The molecule has 2 atom stereocenters. The van der Waals surface area contributed by atoms with Crippen LogP contribution in [0.3, 0.4) is 0 Å². The van der Waals surface area contributed by atoms with Crippen LogP contribution >= 0.6 is 0 Å². The fourth-order valence-corrected chi connectivity index (χ4v) is 4.68. The first-order chi connectivity index (χ1) is 16.3. The molecule has 1 fully saturated rings. The molecule has 3 aromatic rings. The van der Waals surface area contributed by atoms with E-state index in [1.807, 2.05) is 24.3 Å². The number of aromatic nitrogens is 1. The van der Waals surface area contributed by atoms with Gasteiger partial charge in [-0.05, 0) is 43.0 Å². The van der Waals surface area contributed by atoms with Gasteiger partial charge in [-0.25, -0.2) is 0 Å². The number of rotatable bonds is 6. The van der Waals surface area contributed by atoms with Crippen LogP contribution in [0.5, 0.6) is 0 Å². The maximum atomic E-state index is 13.4. The van der Waals surface area contributed by atoms with Gasteiger partial charge in [-0.1, -0.05) is 36.4 Å². The third-order valence-electron chi connectivity index (χ3n) is 6.39. The summed E-state index contributed by atoms with van der Waals surface area (Å²) < 4.78 is 45.4. The quantitative estimate of drug-likeness (QED) is 0.481. The molecule has 8 heteroatoms. The van der Waals surface area contributed by atoms with E-state index in [2.05, 4.69) is 4.98 Å². The van der Waals surface area contributed by atoms with Crippen LogP contribution < -0.4 is 0 Å². The highest BCUT2D eigenvalue weighted by molar-refractivity contribution is 5.86. The first kappa shape index (κ1) is 23.9. The minimum Gasteiger partial charge on any atom is -0.466 e. The molecule has 0 bridgehead atoms. The Hall–Kier alpha value is -3.29. The third-order valence-corrected chi connectivity index (χ3v) is 6.39. The summed E-state index contributed by atoms with van der Waals surface area (Å²) in [6.07, 6.45) is -1.39. The Kier molecular flexibility index (Phi) is 6.95. The zero-order chi connectivity index (χ0) is 24.3. The number of H-pyrrole nitrogens is 1. The highest BCUT2D eigenvalue weighted by atomic mass is 19.4. The number of aromatic amines is 1. The molecule has 5 nitrogen and oxygen atoms in total. The summed E-state index contributed by atoms with van der Waals surface area (Å²) in [4.78, 5) is 30.4. The Morgan fingerprint density at radius 2 is 1.97 bits per heavy atom. The lowest BCUT2D eigenvalue weighted by Crippen LogP contribution is -2.43. The Balaban J connectivity index is 1.65. The number of para-hydroxylation sites is 1. The molecule has 0 radical (unpaired) electrons. The van der Waals surface area contributed by atoms with Gasteiger partial charge in [-0.2, -0.15) is 13.2 Å². The molecule has 4 rings (SSSR count). The van der Waals surface area contributed by atoms with Gasteiger partial charge in [0.1, 0.15) is 0 Å². The van der Waals surface area contributed by atoms with Crippen molar-refractivity contribution in [2.75, 3.05) is 19.7 Å². The van der Waals surface area contributed by atoms with Crippen molar-refractivity contribution in [3.8, 4) is 0 Å². The number of likely N-dealkylation sites (tertiary alicyclic amines) is 1. The molecule has 0 aliphatic carbocycles. The molecule has 34 heavy (non-hydrogen) atoms. The average molecular weight is 473 g/mol. The summed E-state index contributed by atoms with van der Waals surface area (Å²) in [6.45, 7) is 2.80. The molecule has 2 unspecified atom stereocenters. The topological polar surface area (TPSA) is 62.4 Å². The zero-order valence-electron chi connectivity index (χ0n) is 18.9. The molecule has 180 valence electrons. The predicted octanol–water partition coefficient (Wildman–Crippen LogP) is 5.51. The smallest absolute Gasteiger partial charge is 0.416 e. The number of carbonyl (C=O) groups is 2. The fraction of sp³-hybridized carbons (Fsp3) is 0.385. The summed E-state index contributed by atoms with van der Waals surface area (Å²) in [5, 5.41) is 0.862. The van der Waals surface area contributed by atoms with Crippen LogP contribution in [0.4, 0.5) is 13.2 Å². The maximum absolute atomic E-state index is 13.4. The summed E-state index contributed by atoms with van der Waals surface area (Å²) in [5.41, 5.74) is 1.29. The highest BCUT2D eigenvalue weighted by Crippen LogP contribution is 2.37. The van der Waals surface area contributed by atoms with Gasteiger partial charge in [0.2, 0.25) is 5.91 Å². The molecular formula is C26H27F3N2O3. The van der Waals surface area contributed by atoms with Gasteiger partial charge in [-0.15, -0.1) is 0 Å². The standard InChI is InChI=1S/C26H27F3N2O3/c1-2-34-25(33)18-8-6-12-31(16-18)24(32)14-21(17-7-5-9-19(13-17)26(27,28)29)22-15-30-23-11-4-3-10-20(22)23/h3-5,7,9-11,13,15,18,21,30H,2,6,8,12,14,16H2,1H3. The zero-order valence-corrected chi connectivity index (χ0v) is 18.9. The van der Waals surface area contributed by atoms with Gasteiger partial charge in [0.15, 0.2) is 0 Å². The number of hydrogen-bond acceptors (Lipinski definition) is 3. The van der Waals surface area contributed by atoms with Crippen molar-refractivity contribution in [3.05, 3.63) is 71.4 Å². The lowest BCUT2D eigenvalue weighted by molar-refractivity contribution is -0.151. The van der Waals surface area contributed by atoms with E-state index in [1.54, 1.807) is 24.1 Å². The van der Waals surface area contributed by atoms with Crippen molar-refractivity contribution in [2.45, 2.75) is 38.3 Å². The SMILES string of the molecule is CCOC(=O)C1CCCN(C(=O)CC(c2cccc(C(F)(F)F)c2)c2c[nH]c3ccccc23)C1. The molecule has 2 heterocycles. The van der Waals surface area contributed by atoms with Crippen LogP contribution in [-0.2, 0) is 20.5 Å². The Labute approximate surface area is 195 Å². The molecule has 1 aliphatic rings. The number of amides is 1. The van der Waals surface area contributed by atoms with Crippen LogP contribution in [0.25, 0.3) is 10.9 Å². The third kappa shape index (κ3) is 5.11. The van der Waals surface area contributed by atoms with E-state index in [4.69, 9.17) is 4.74 Å². The predicted molar refractivity (Wildman–Crippen MR) is 122 cm³/mol. The monoisotopic (exact) mass is 472 g/mol. The molecule has 1 saturated heterocycles. The van der Waals surface area contributed by atoms with Crippen molar-refractivity contribution in [3.63, 3.8) is 0 Å². The van der Waals surface area contributed by atoms with E-state index in [0.717, 1.165) is 28.6 Å². The molecule has 2 aromatic carbocycles. The van der Waals surface area contributed by atoms with Gasteiger partial charge in [0.25, 0.3) is 0 Å². The minimum absolute atomic E-state index is 0.00129. The summed E-state index contributed by atoms with van der Waals surface area (Å²) in [6, 6.07) is 12.7. The Morgan fingerprint density at radius 3 is 2.74 bits per heavy atom. The Bertz CT molecular complexity index is 1170. The van der Waals surface area contributed by atoms with Gasteiger partial charge >= 0.3 is 12.1 Å². The van der Waals surface area contributed by atoms with Crippen LogP contribution in [0.1, 0.15) is 48.8 Å². The number of esters is 1. The first-order valence-electron chi connectivity index (χ1n) is 11.5. The molecule has 0 saturated carbocycles. The number of carbonyl (C=O) groups excluding carboxylic acids is 2. The number of alkyl halides is 3.